The summed E-state index contributed by atoms with van der Waals surface area (Å²) in [5.74, 6) is 0. The number of benzene rings is 9. The van der Waals surface area contributed by atoms with Crippen molar-refractivity contribution in [3.63, 3.8) is 0 Å². The first kappa shape index (κ1) is 33.4. The molecule has 9 aromatic carbocycles. The zero-order valence-corrected chi connectivity index (χ0v) is 32.1. The van der Waals surface area contributed by atoms with Crippen molar-refractivity contribution in [3.8, 4) is 22.4 Å². The Balaban J connectivity index is 1.06. The van der Waals surface area contributed by atoms with Crippen molar-refractivity contribution >= 4 is 60.7 Å². The third-order valence-corrected chi connectivity index (χ3v) is 12.3. The number of para-hydroxylation sites is 3. The lowest BCUT2D eigenvalue weighted by Gasteiger charge is -2.46. The predicted octanol–water partition coefficient (Wildman–Crippen LogP) is 14.8. The van der Waals surface area contributed by atoms with E-state index in [1.807, 2.05) is 0 Å². The van der Waals surface area contributed by atoms with Crippen LogP contribution in [-0.4, -0.2) is 4.98 Å². The molecule has 3 heterocycles. The van der Waals surface area contributed by atoms with E-state index in [1.54, 1.807) is 0 Å². The number of nitrogens with zero attached hydrogens (tertiary/aromatic N) is 2. The fraction of sp³-hybridized carbons (Fsp3) is 0.0179. The van der Waals surface area contributed by atoms with Gasteiger partial charge in [-0.3, -0.25) is 0 Å². The summed E-state index contributed by atoms with van der Waals surface area (Å²) < 4.78 is 6.61. The number of fused-ring (bicyclic) bond motifs is 9. The lowest BCUT2D eigenvalue weighted by Crippen LogP contribution is -2.37. The van der Waals surface area contributed by atoms with Crippen LogP contribution < -0.4 is 4.90 Å². The molecule has 0 amide bonds. The van der Waals surface area contributed by atoms with Crippen molar-refractivity contribution in [3.05, 3.63) is 241 Å². The minimum Gasteiger partial charge on any atom is -0.456 e. The Morgan fingerprint density at radius 3 is 1.68 bits per heavy atom. The second-order valence-corrected chi connectivity index (χ2v) is 15.4. The van der Waals surface area contributed by atoms with E-state index >= 15 is 0 Å². The summed E-state index contributed by atoms with van der Waals surface area (Å²) >= 11 is 0. The number of pyridine rings is 1. The summed E-state index contributed by atoms with van der Waals surface area (Å²) in [6.07, 6.45) is 0. The monoisotopic (exact) mass is 752 g/mol. The quantitative estimate of drug-likeness (QED) is 0.164. The molecule has 0 fully saturated rings. The van der Waals surface area contributed by atoms with Gasteiger partial charge in [0.2, 0.25) is 0 Å². The average Bonchev–Trinajstić information content (AvgIpc) is 3.69. The Morgan fingerprint density at radius 2 is 0.966 bits per heavy atom. The average molecular weight is 753 g/mol. The van der Waals surface area contributed by atoms with E-state index in [-0.39, 0.29) is 0 Å². The van der Waals surface area contributed by atoms with Crippen LogP contribution in [0.4, 0.5) is 17.1 Å². The molecule has 0 saturated carbocycles. The number of hydrogen-bond donors (Lipinski definition) is 0. The highest BCUT2D eigenvalue weighted by molar-refractivity contribution is 6.28. The van der Waals surface area contributed by atoms with Gasteiger partial charge in [-0.1, -0.05) is 164 Å². The van der Waals surface area contributed by atoms with Gasteiger partial charge in [0.15, 0.2) is 0 Å². The molecule has 3 nitrogen and oxygen atoms in total. The molecule has 0 unspecified atom stereocenters. The third-order valence-electron chi connectivity index (χ3n) is 12.3. The summed E-state index contributed by atoms with van der Waals surface area (Å²) in [6.45, 7) is 0. The van der Waals surface area contributed by atoms with Gasteiger partial charge in [0, 0.05) is 38.2 Å². The van der Waals surface area contributed by atoms with Crippen molar-refractivity contribution in [2.75, 3.05) is 4.90 Å². The normalized spacial score (nSPS) is 13.2. The SMILES string of the molecule is c1ccc(-c2nc3ccccc3c3c2ccc2oc4ccc(-c5cccc(N6c7ccccc7C(c7ccccc7)(c7ccccc7)c7ccccc76)c5)cc4c23)cc1. The lowest BCUT2D eigenvalue weighted by atomic mass is 9.62. The van der Waals surface area contributed by atoms with Crippen LogP contribution in [0.2, 0.25) is 0 Å². The first-order chi connectivity index (χ1) is 29.3. The van der Waals surface area contributed by atoms with Gasteiger partial charge in [0.25, 0.3) is 0 Å². The first-order valence-corrected chi connectivity index (χ1v) is 20.2. The molecular weight excluding hydrogens is 717 g/mol. The van der Waals surface area contributed by atoms with E-state index < -0.39 is 5.41 Å². The Labute approximate surface area is 342 Å². The van der Waals surface area contributed by atoms with E-state index in [9.17, 15) is 0 Å². The molecule has 2 aromatic heterocycles. The highest BCUT2D eigenvalue weighted by atomic mass is 16.3. The molecule has 12 rings (SSSR count). The Hall–Kier alpha value is -7.75. The minimum absolute atomic E-state index is 0.514. The van der Waals surface area contributed by atoms with Crippen LogP contribution in [0, 0.1) is 0 Å². The first-order valence-electron chi connectivity index (χ1n) is 20.2. The lowest BCUT2D eigenvalue weighted by molar-refractivity contribution is 0.669. The maximum Gasteiger partial charge on any atom is 0.136 e. The van der Waals surface area contributed by atoms with Crippen LogP contribution in [0.3, 0.4) is 0 Å². The van der Waals surface area contributed by atoms with E-state index in [1.165, 1.54) is 27.6 Å². The second kappa shape index (κ2) is 13.2. The van der Waals surface area contributed by atoms with Gasteiger partial charge in [-0.05, 0) is 88.0 Å². The van der Waals surface area contributed by atoms with Gasteiger partial charge in [-0.15, -0.1) is 0 Å². The van der Waals surface area contributed by atoms with Crippen molar-refractivity contribution in [2.24, 2.45) is 0 Å². The van der Waals surface area contributed by atoms with Crippen LogP contribution in [0.15, 0.2) is 223 Å². The topological polar surface area (TPSA) is 29.3 Å². The molecular formula is C56H36N2O. The summed E-state index contributed by atoms with van der Waals surface area (Å²) in [7, 11) is 0. The third kappa shape index (κ3) is 4.98. The Morgan fingerprint density at radius 1 is 0.390 bits per heavy atom. The van der Waals surface area contributed by atoms with Crippen LogP contribution in [0.1, 0.15) is 22.3 Å². The van der Waals surface area contributed by atoms with Crippen molar-refractivity contribution < 1.29 is 4.42 Å². The highest BCUT2D eigenvalue weighted by Gasteiger charge is 2.46. The molecule has 0 radical (unpaired) electrons. The number of rotatable bonds is 5. The van der Waals surface area contributed by atoms with Crippen LogP contribution >= 0.6 is 0 Å². The second-order valence-electron chi connectivity index (χ2n) is 15.4. The molecule has 0 spiro atoms. The van der Waals surface area contributed by atoms with Gasteiger partial charge >= 0.3 is 0 Å². The van der Waals surface area contributed by atoms with Gasteiger partial charge in [0.1, 0.15) is 11.2 Å². The molecule has 11 aromatic rings. The Bertz CT molecular complexity index is 3300. The zero-order valence-electron chi connectivity index (χ0n) is 32.1. The zero-order chi connectivity index (χ0) is 38.9. The van der Waals surface area contributed by atoms with Crippen LogP contribution in [0.5, 0.6) is 0 Å². The Kier molecular flexibility index (Phi) is 7.45. The summed E-state index contributed by atoms with van der Waals surface area (Å²) in [5, 5.41) is 5.60. The molecule has 0 atom stereocenters. The molecule has 0 saturated heterocycles. The van der Waals surface area contributed by atoms with E-state index in [4.69, 9.17) is 9.40 Å². The van der Waals surface area contributed by atoms with Gasteiger partial charge < -0.3 is 9.32 Å². The van der Waals surface area contributed by atoms with Crippen LogP contribution in [-0.2, 0) is 5.41 Å². The summed E-state index contributed by atoms with van der Waals surface area (Å²) in [4.78, 5) is 7.65. The number of aromatic nitrogens is 1. The number of hydrogen-bond acceptors (Lipinski definition) is 3. The number of furan rings is 1. The van der Waals surface area contributed by atoms with E-state index in [0.29, 0.717) is 0 Å². The van der Waals surface area contributed by atoms with Crippen molar-refractivity contribution in [1.82, 2.24) is 4.98 Å². The number of anilines is 3. The van der Waals surface area contributed by atoms with Gasteiger partial charge in [-0.2, -0.15) is 0 Å². The predicted molar refractivity (Wildman–Crippen MR) is 244 cm³/mol. The van der Waals surface area contributed by atoms with Crippen molar-refractivity contribution in [1.29, 1.82) is 0 Å². The van der Waals surface area contributed by atoms with E-state index in [0.717, 1.165) is 77.7 Å². The van der Waals surface area contributed by atoms with Crippen molar-refractivity contribution in [2.45, 2.75) is 5.41 Å². The fourth-order valence-electron chi connectivity index (χ4n) is 9.82. The van der Waals surface area contributed by atoms with E-state index in [2.05, 4.69) is 223 Å². The molecule has 276 valence electrons. The minimum atomic E-state index is -0.514. The molecule has 59 heavy (non-hydrogen) atoms. The molecule has 0 bridgehead atoms. The smallest absolute Gasteiger partial charge is 0.136 e. The molecule has 0 N–H and O–H groups in total. The molecule has 1 aliphatic rings. The summed E-state index contributed by atoms with van der Waals surface area (Å²) in [5.41, 5.74) is 14.9. The van der Waals surface area contributed by atoms with Crippen LogP contribution in [0.25, 0.3) is 66.0 Å². The van der Waals surface area contributed by atoms with Gasteiger partial charge in [0.05, 0.1) is 28.0 Å². The molecule has 1 aliphatic heterocycles. The maximum absolute atomic E-state index is 6.61. The molecule has 0 aliphatic carbocycles. The largest absolute Gasteiger partial charge is 0.456 e. The summed E-state index contributed by atoms with van der Waals surface area (Å²) in [6, 6.07) is 78.6. The van der Waals surface area contributed by atoms with Gasteiger partial charge in [-0.25, -0.2) is 4.98 Å². The fourth-order valence-corrected chi connectivity index (χ4v) is 9.82. The molecule has 3 heteroatoms. The maximum atomic E-state index is 6.61. The highest BCUT2D eigenvalue weighted by Crippen LogP contribution is 2.57. The standard InChI is InChI=1S/C56H36N2O/c1-4-17-37(18-5-1)55-44-32-34-52-54(53(44)43-25-10-13-28-48(43)57-55)45-36-39(31-33-51(45)59-52)38-19-16-24-42(35-38)58-49-29-14-11-26-46(49)56(40-20-6-2-7-21-40,41-22-8-3-9-23-41)47-27-12-15-30-50(47)58/h1-36H.